The molecule has 1 fully saturated rings. The van der Waals surface area contributed by atoms with E-state index in [0.29, 0.717) is 5.76 Å². The second kappa shape index (κ2) is 6.93. The van der Waals surface area contributed by atoms with Crippen molar-refractivity contribution in [2.45, 2.75) is 44.7 Å². The summed E-state index contributed by atoms with van der Waals surface area (Å²) in [6.45, 7) is 0.211. The molecule has 1 aliphatic carbocycles. The predicted molar refractivity (Wildman–Crippen MR) is 72.1 cm³/mol. The third kappa shape index (κ3) is 3.97. The number of aromatic nitrogens is 1. The van der Waals surface area contributed by atoms with Gasteiger partial charge in [-0.25, -0.2) is 4.79 Å². The number of hydrogen-bond donors (Lipinski definition) is 3. The highest BCUT2D eigenvalue weighted by molar-refractivity contribution is 5.91. The molecular weight excluding hydrogens is 260 g/mol. The van der Waals surface area contributed by atoms with Gasteiger partial charge in [0.1, 0.15) is 0 Å². The minimum absolute atomic E-state index is 0.206. The second-order valence-corrected chi connectivity index (χ2v) is 4.92. The number of rotatable bonds is 4. The van der Waals surface area contributed by atoms with Gasteiger partial charge in [0.2, 0.25) is 0 Å². The van der Waals surface area contributed by atoms with E-state index in [1.54, 1.807) is 0 Å². The number of carbonyl (C=O) groups is 2. The van der Waals surface area contributed by atoms with Crippen molar-refractivity contribution in [3.63, 3.8) is 0 Å². The lowest BCUT2D eigenvalue weighted by Crippen LogP contribution is -2.42. The second-order valence-electron chi connectivity index (χ2n) is 4.92. The summed E-state index contributed by atoms with van der Waals surface area (Å²) >= 11 is 0. The Morgan fingerprint density at radius 1 is 1.35 bits per heavy atom. The Hall–Kier alpha value is -2.05. The monoisotopic (exact) mass is 280 g/mol. The number of carbonyl (C=O) groups excluding carboxylic acids is 2. The van der Waals surface area contributed by atoms with Crippen LogP contribution in [0.25, 0.3) is 0 Å². The van der Waals surface area contributed by atoms with Crippen molar-refractivity contribution < 1.29 is 14.1 Å². The number of nitrogens with zero attached hydrogens (tertiary/aromatic N) is 1. The fourth-order valence-electron chi connectivity index (χ4n) is 2.28. The fourth-order valence-corrected chi connectivity index (χ4v) is 2.28. The van der Waals surface area contributed by atoms with Crippen LogP contribution in [0.3, 0.4) is 0 Å². The molecule has 1 aromatic rings. The first kappa shape index (κ1) is 14.4. The van der Waals surface area contributed by atoms with Gasteiger partial charge in [-0.3, -0.25) is 4.79 Å². The van der Waals surface area contributed by atoms with Crippen LogP contribution in [0.4, 0.5) is 4.79 Å². The fraction of sp³-hybridized carbons (Fsp3) is 0.615. The van der Waals surface area contributed by atoms with Gasteiger partial charge in [-0.15, -0.1) is 0 Å². The summed E-state index contributed by atoms with van der Waals surface area (Å²) in [6, 6.07) is 1.56. The van der Waals surface area contributed by atoms with Crippen LogP contribution in [0.15, 0.2) is 10.6 Å². The molecule has 7 nitrogen and oxygen atoms in total. The molecule has 0 aromatic carbocycles. The van der Waals surface area contributed by atoms with E-state index in [1.165, 1.54) is 32.4 Å². The van der Waals surface area contributed by atoms with E-state index in [9.17, 15) is 9.59 Å². The summed E-state index contributed by atoms with van der Waals surface area (Å²) in [4.78, 5) is 23.0. The van der Waals surface area contributed by atoms with Gasteiger partial charge in [-0.05, 0) is 12.8 Å². The van der Waals surface area contributed by atoms with Gasteiger partial charge >= 0.3 is 6.03 Å². The molecular formula is C13H20N4O3. The first-order valence-corrected chi connectivity index (χ1v) is 6.91. The smallest absolute Gasteiger partial charge is 0.315 e. The van der Waals surface area contributed by atoms with Crippen molar-refractivity contribution in [2.24, 2.45) is 0 Å². The summed E-state index contributed by atoms with van der Waals surface area (Å²) < 4.78 is 4.97. The van der Waals surface area contributed by atoms with Crippen molar-refractivity contribution >= 4 is 11.9 Å². The molecule has 1 saturated carbocycles. The lowest BCUT2D eigenvalue weighted by atomic mass is 9.96. The molecule has 1 aromatic heterocycles. The maximum Gasteiger partial charge on any atom is 0.315 e. The lowest BCUT2D eigenvalue weighted by molar-refractivity contribution is 0.0954. The zero-order valence-electron chi connectivity index (χ0n) is 11.6. The average molecular weight is 280 g/mol. The molecule has 1 aliphatic rings. The predicted octanol–water partition coefficient (Wildman–Crippen LogP) is 1.17. The van der Waals surface area contributed by atoms with Crippen LogP contribution in [-0.4, -0.2) is 30.2 Å². The summed E-state index contributed by atoms with van der Waals surface area (Å²) in [5, 5.41) is 11.7. The maximum atomic E-state index is 11.7. The molecule has 0 unspecified atom stereocenters. The average Bonchev–Trinajstić information content (AvgIpc) is 2.94. The molecule has 3 N–H and O–H groups in total. The molecule has 20 heavy (non-hydrogen) atoms. The highest BCUT2D eigenvalue weighted by atomic mass is 16.5. The van der Waals surface area contributed by atoms with Crippen molar-refractivity contribution in [3.8, 4) is 0 Å². The van der Waals surface area contributed by atoms with Gasteiger partial charge in [-0.2, -0.15) is 0 Å². The molecule has 0 aliphatic heterocycles. The molecule has 3 amide bonds. The Bertz CT molecular complexity index is 466. The van der Waals surface area contributed by atoms with Crippen LogP contribution in [0.2, 0.25) is 0 Å². The standard InChI is InChI=1S/C13H20N4O3/c1-14-12(18)11-7-10(20-17-11)8-15-13(19)16-9-5-3-2-4-6-9/h7,9H,2-6,8H2,1H3,(H,14,18)(H2,15,16,19). The van der Waals surface area contributed by atoms with E-state index in [0.717, 1.165) is 12.8 Å². The van der Waals surface area contributed by atoms with Gasteiger partial charge in [-0.1, -0.05) is 24.4 Å². The van der Waals surface area contributed by atoms with Gasteiger partial charge in [0.25, 0.3) is 5.91 Å². The molecule has 0 atom stereocenters. The molecule has 0 radical (unpaired) electrons. The number of nitrogens with one attached hydrogen (secondary N) is 3. The van der Waals surface area contributed by atoms with Gasteiger partial charge < -0.3 is 20.5 Å². The minimum Gasteiger partial charge on any atom is -0.359 e. The Morgan fingerprint density at radius 2 is 2.10 bits per heavy atom. The van der Waals surface area contributed by atoms with E-state index < -0.39 is 0 Å². The molecule has 0 spiro atoms. The highest BCUT2D eigenvalue weighted by Gasteiger charge is 2.16. The molecule has 7 heteroatoms. The van der Waals surface area contributed by atoms with E-state index in [1.807, 2.05) is 0 Å². The van der Waals surface area contributed by atoms with Crippen molar-refractivity contribution in [2.75, 3.05) is 7.05 Å². The molecule has 110 valence electrons. The zero-order chi connectivity index (χ0) is 14.4. The van der Waals surface area contributed by atoms with Crippen LogP contribution in [0.5, 0.6) is 0 Å². The number of amides is 3. The normalized spacial score (nSPS) is 15.7. The van der Waals surface area contributed by atoms with E-state index in [-0.39, 0.29) is 30.2 Å². The Morgan fingerprint density at radius 3 is 2.80 bits per heavy atom. The van der Waals surface area contributed by atoms with Crippen LogP contribution < -0.4 is 16.0 Å². The first-order valence-electron chi connectivity index (χ1n) is 6.91. The van der Waals surface area contributed by atoms with Gasteiger partial charge in [0.05, 0.1) is 6.54 Å². The quantitative estimate of drug-likeness (QED) is 0.771. The third-order valence-electron chi connectivity index (χ3n) is 3.38. The van der Waals surface area contributed by atoms with Crippen LogP contribution in [0.1, 0.15) is 48.4 Å². The molecule has 2 rings (SSSR count). The van der Waals surface area contributed by atoms with Crippen molar-refractivity contribution in [3.05, 3.63) is 17.5 Å². The van der Waals surface area contributed by atoms with E-state index in [4.69, 9.17) is 4.52 Å². The molecule has 0 bridgehead atoms. The lowest BCUT2D eigenvalue weighted by Gasteiger charge is -2.22. The summed E-state index contributed by atoms with van der Waals surface area (Å²) in [5.74, 6) is 0.133. The number of hydrogen-bond acceptors (Lipinski definition) is 4. The Labute approximate surface area is 117 Å². The maximum absolute atomic E-state index is 11.7. The largest absolute Gasteiger partial charge is 0.359 e. The molecule has 1 heterocycles. The summed E-state index contributed by atoms with van der Waals surface area (Å²) in [7, 11) is 1.52. The highest BCUT2D eigenvalue weighted by Crippen LogP contribution is 2.17. The molecule has 0 saturated heterocycles. The van der Waals surface area contributed by atoms with Gasteiger partial charge in [0, 0.05) is 19.2 Å². The van der Waals surface area contributed by atoms with Crippen LogP contribution >= 0.6 is 0 Å². The van der Waals surface area contributed by atoms with Gasteiger partial charge in [0.15, 0.2) is 11.5 Å². The summed E-state index contributed by atoms with van der Waals surface area (Å²) in [5.41, 5.74) is 0.206. The zero-order valence-corrected chi connectivity index (χ0v) is 11.6. The Balaban J connectivity index is 1.75. The first-order chi connectivity index (χ1) is 9.69. The van der Waals surface area contributed by atoms with E-state index in [2.05, 4.69) is 21.1 Å². The SMILES string of the molecule is CNC(=O)c1cc(CNC(=O)NC2CCCCC2)on1. The van der Waals surface area contributed by atoms with Crippen LogP contribution in [0, 0.1) is 0 Å². The van der Waals surface area contributed by atoms with Crippen molar-refractivity contribution in [1.82, 2.24) is 21.1 Å². The minimum atomic E-state index is -0.313. The van der Waals surface area contributed by atoms with Crippen molar-refractivity contribution in [1.29, 1.82) is 0 Å². The van der Waals surface area contributed by atoms with E-state index >= 15 is 0 Å². The van der Waals surface area contributed by atoms with Crippen LogP contribution in [-0.2, 0) is 6.54 Å². The topological polar surface area (TPSA) is 96.3 Å². The third-order valence-corrected chi connectivity index (χ3v) is 3.38. The number of urea groups is 1. The summed E-state index contributed by atoms with van der Waals surface area (Å²) in [6.07, 6.45) is 5.66. The Kier molecular flexibility index (Phi) is 4.97.